The molecule has 2 unspecified atom stereocenters. The summed E-state index contributed by atoms with van der Waals surface area (Å²) < 4.78 is 0. The maximum atomic E-state index is 11.8. The van der Waals surface area contributed by atoms with E-state index in [1.54, 1.807) is 0 Å². The predicted octanol–water partition coefficient (Wildman–Crippen LogP) is -0.254. The molecular formula is C12H26N2O4. The van der Waals surface area contributed by atoms with Gasteiger partial charge in [0.1, 0.15) is 11.1 Å². The van der Waals surface area contributed by atoms with Crippen molar-refractivity contribution in [2.75, 3.05) is 14.2 Å². The Kier molecular flexibility index (Phi) is 5.51. The van der Waals surface area contributed by atoms with Gasteiger partial charge >= 0.3 is 0 Å². The predicted molar refractivity (Wildman–Crippen MR) is 67.2 cm³/mol. The topological polar surface area (TPSA) is 73.5 Å². The molecular weight excluding hydrogens is 236 g/mol. The van der Waals surface area contributed by atoms with Crippen LogP contribution < -0.4 is 10.5 Å². The highest BCUT2D eigenvalue weighted by Gasteiger charge is 2.39. The van der Waals surface area contributed by atoms with Crippen LogP contribution in [0.15, 0.2) is 0 Å². The third-order valence-corrected chi connectivity index (χ3v) is 4.27. The molecule has 0 aromatic rings. The van der Waals surface area contributed by atoms with Gasteiger partial charge in [-0.05, 0) is 26.7 Å². The second kappa shape index (κ2) is 6.27. The third kappa shape index (κ3) is 3.40. The molecule has 0 heterocycles. The Morgan fingerprint density at radius 3 is 1.28 bits per heavy atom. The van der Waals surface area contributed by atoms with Crippen LogP contribution in [-0.2, 0) is 9.68 Å². The van der Waals surface area contributed by atoms with E-state index in [-0.39, 0.29) is 10.5 Å². The highest BCUT2D eigenvalue weighted by Crippen LogP contribution is 2.28. The first-order chi connectivity index (χ1) is 8.38. The second-order valence-corrected chi connectivity index (χ2v) is 5.81. The van der Waals surface area contributed by atoms with E-state index in [0.717, 1.165) is 38.5 Å². The van der Waals surface area contributed by atoms with E-state index in [4.69, 9.17) is 9.68 Å². The van der Waals surface area contributed by atoms with Crippen LogP contribution in [0.4, 0.5) is 0 Å². The Balaban J connectivity index is 2.65. The quantitative estimate of drug-likeness (QED) is 0.685. The third-order valence-electron chi connectivity index (χ3n) is 4.27. The fourth-order valence-corrected chi connectivity index (χ4v) is 2.89. The summed E-state index contributed by atoms with van der Waals surface area (Å²) in [5.41, 5.74) is -0.793. The molecule has 2 N–H and O–H groups in total. The largest absolute Gasteiger partial charge is 0.599 e. The maximum absolute atomic E-state index is 11.8. The molecule has 0 aromatic heterocycles. The normalized spacial score (nSPS) is 37.7. The number of quaternary nitrogens is 2. The molecule has 1 aliphatic rings. The molecule has 0 saturated heterocycles. The molecule has 0 radical (unpaired) electrons. The van der Waals surface area contributed by atoms with Crippen molar-refractivity contribution in [1.82, 2.24) is 0 Å². The molecule has 0 amide bonds. The van der Waals surface area contributed by atoms with Gasteiger partial charge in [-0.2, -0.15) is 0 Å². The molecule has 0 spiro atoms. The van der Waals surface area contributed by atoms with Crippen molar-refractivity contribution in [3.63, 3.8) is 0 Å². The molecule has 6 nitrogen and oxygen atoms in total. The van der Waals surface area contributed by atoms with E-state index in [9.17, 15) is 10.4 Å². The molecule has 6 heteroatoms. The number of hydrogen-bond donors (Lipinski definition) is 2. The van der Waals surface area contributed by atoms with E-state index in [2.05, 4.69) is 0 Å². The van der Waals surface area contributed by atoms with Crippen molar-refractivity contribution < 1.29 is 20.1 Å². The number of nitrogens with one attached hydrogen (secondary N) is 2. The minimum absolute atomic E-state index is 0.135. The molecule has 0 aliphatic heterocycles. The maximum Gasteiger partial charge on any atom is 0.124 e. The van der Waals surface area contributed by atoms with Gasteiger partial charge in [0.2, 0.25) is 0 Å². The lowest BCUT2D eigenvalue weighted by Crippen LogP contribution is -3.15. The Bertz CT molecular complexity index is 228. The standard InChI is InChI=1S/C12H26N2O4/c1-11(13(15)17-3)7-5-9-12(2,10-6-8-11)14(16)18-4/h13-14H,5-10H2,1-4H3. The zero-order chi connectivity index (χ0) is 13.8. The first kappa shape index (κ1) is 15.8. The fourth-order valence-electron chi connectivity index (χ4n) is 2.89. The van der Waals surface area contributed by atoms with Crippen LogP contribution in [0.2, 0.25) is 0 Å². The van der Waals surface area contributed by atoms with E-state index in [1.165, 1.54) is 14.2 Å². The number of hydroxylamine groups is 4. The van der Waals surface area contributed by atoms with Crippen LogP contribution in [-0.4, -0.2) is 25.3 Å². The van der Waals surface area contributed by atoms with Gasteiger partial charge in [-0.25, -0.2) is 20.1 Å². The molecule has 1 fully saturated rings. The molecule has 0 bridgehead atoms. The van der Waals surface area contributed by atoms with Gasteiger partial charge in [0, 0.05) is 25.7 Å². The summed E-state index contributed by atoms with van der Waals surface area (Å²) in [4.78, 5) is 9.76. The van der Waals surface area contributed by atoms with Crippen molar-refractivity contribution in [3.8, 4) is 0 Å². The van der Waals surface area contributed by atoms with Gasteiger partial charge in [-0.1, -0.05) is 0 Å². The van der Waals surface area contributed by atoms with Crippen molar-refractivity contribution in [2.45, 2.75) is 63.5 Å². The van der Waals surface area contributed by atoms with E-state index in [1.807, 2.05) is 13.8 Å². The fraction of sp³-hybridized carbons (Fsp3) is 1.00. The van der Waals surface area contributed by atoms with E-state index >= 15 is 0 Å². The lowest BCUT2D eigenvalue weighted by atomic mass is 9.79. The summed E-state index contributed by atoms with van der Waals surface area (Å²) in [6, 6.07) is 0. The first-order valence-electron chi connectivity index (χ1n) is 6.55. The van der Waals surface area contributed by atoms with Gasteiger partial charge in [-0.3, -0.25) is 0 Å². The van der Waals surface area contributed by atoms with Crippen LogP contribution >= 0.6 is 0 Å². The molecule has 1 aliphatic carbocycles. The van der Waals surface area contributed by atoms with Crippen molar-refractivity contribution in [2.24, 2.45) is 0 Å². The van der Waals surface area contributed by atoms with Gasteiger partial charge < -0.3 is 10.4 Å². The molecule has 2 atom stereocenters. The van der Waals surface area contributed by atoms with Crippen LogP contribution in [0.25, 0.3) is 0 Å². The SMILES string of the molecule is CO[NH+]([O-])C1(C)CCCC(C)([NH+]([O-])OC)CCC1. The Morgan fingerprint density at radius 2 is 1.06 bits per heavy atom. The highest BCUT2D eigenvalue weighted by atomic mass is 16.9. The van der Waals surface area contributed by atoms with Crippen molar-refractivity contribution in [3.05, 3.63) is 10.4 Å². The van der Waals surface area contributed by atoms with Crippen LogP contribution in [0.3, 0.4) is 0 Å². The lowest BCUT2D eigenvalue weighted by Gasteiger charge is -2.43. The summed E-state index contributed by atoms with van der Waals surface area (Å²) in [5, 5.41) is 23.3. The Morgan fingerprint density at radius 1 is 0.778 bits per heavy atom. The molecule has 1 saturated carbocycles. The van der Waals surface area contributed by atoms with Gasteiger partial charge in [0.25, 0.3) is 0 Å². The zero-order valence-electron chi connectivity index (χ0n) is 11.9. The summed E-state index contributed by atoms with van der Waals surface area (Å²) in [6.45, 7) is 3.92. The summed E-state index contributed by atoms with van der Waals surface area (Å²) >= 11 is 0. The monoisotopic (exact) mass is 262 g/mol. The summed E-state index contributed by atoms with van der Waals surface area (Å²) in [6.07, 6.45) is 4.77. The van der Waals surface area contributed by atoms with E-state index in [0.29, 0.717) is 0 Å². The average molecular weight is 262 g/mol. The highest BCUT2D eigenvalue weighted by molar-refractivity contribution is 4.82. The zero-order valence-corrected chi connectivity index (χ0v) is 11.9. The van der Waals surface area contributed by atoms with Crippen LogP contribution in [0.5, 0.6) is 0 Å². The molecule has 108 valence electrons. The van der Waals surface area contributed by atoms with Gasteiger partial charge in [0.05, 0.1) is 14.2 Å². The minimum atomic E-state index is -0.397. The number of hydrogen-bond acceptors (Lipinski definition) is 4. The van der Waals surface area contributed by atoms with Crippen molar-refractivity contribution in [1.29, 1.82) is 0 Å². The van der Waals surface area contributed by atoms with Crippen LogP contribution in [0, 0.1) is 10.4 Å². The second-order valence-electron chi connectivity index (χ2n) is 5.81. The first-order valence-corrected chi connectivity index (χ1v) is 6.55. The molecule has 0 aromatic carbocycles. The van der Waals surface area contributed by atoms with Crippen molar-refractivity contribution >= 4 is 0 Å². The smallest absolute Gasteiger partial charge is 0.124 e. The van der Waals surface area contributed by atoms with Crippen LogP contribution in [0.1, 0.15) is 52.4 Å². The Labute approximate surface area is 109 Å². The Hall–Kier alpha value is -0.240. The van der Waals surface area contributed by atoms with Gasteiger partial charge in [-0.15, -0.1) is 0 Å². The average Bonchev–Trinajstić information content (AvgIpc) is 2.34. The van der Waals surface area contributed by atoms with E-state index < -0.39 is 11.1 Å². The molecule has 1 rings (SSSR count). The van der Waals surface area contributed by atoms with Gasteiger partial charge in [0.15, 0.2) is 0 Å². The summed E-state index contributed by atoms with van der Waals surface area (Å²) in [5.74, 6) is 0. The molecule has 18 heavy (non-hydrogen) atoms. The lowest BCUT2D eigenvalue weighted by molar-refractivity contribution is -1.09. The minimum Gasteiger partial charge on any atom is -0.599 e. The number of rotatable bonds is 4. The summed E-state index contributed by atoms with van der Waals surface area (Å²) in [7, 11) is 2.87.